The fourth-order valence-electron chi connectivity index (χ4n) is 1.72. The fourth-order valence-corrected chi connectivity index (χ4v) is 1.82. The van der Waals surface area contributed by atoms with Gasteiger partial charge in [0.2, 0.25) is 0 Å². The second-order valence-corrected chi connectivity index (χ2v) is 5.07. The quantitative estimate of drug-likeness (QED) is 0.698. The lowest BCUT2D eigenvalue weighted by atomic mass is 9.95. The van der Waals surface area contributed by atoms with Crippen molar-refractivity contribution < 1.29 is 4.74 Å². The molecule has 0 saturated carbocycles. The van der Waals surface area contributed by atoms with E-state index >= 15 is 0 Å². The van der Waals surface area contributed by atoms with Gasteiger partial charge in [-0.3, -0.25) is 0 Å². The minimum atomic E-state index is 0.306. The van der Waals surface area contributed by atoms with Crippen molar-refractivity contribution in [3.05, 3.63) is 0 Å². The van der Waals surface area contributed by atoms with E-state index in [4.69, 9.17) is 4.74 Å². The molecule has 0 aromatic rings. The summed E-state index contributed by atoms with van der Waals surface area (Å²) in [4.78, 5) is 2.41. The van der Waals surface area contributed by atoms with Crippen LogP contribution in [0.25, 0.3) is 0 Å². The molecule has 2 nitrogen and oxygen atoms in total. The molecule has 0 aromatic carbocycles. The van der Waals surface area contributed by atoms with Gasteiger partial charge in [-0.15, -0.1) is 0 Å². The molecule has 1 aliphatic rings. The minimum absolute atomic E-state index is 0.306. The number of rotatable bonds is 4. The summed E-state index contributed by atoms with van der Waals surface area (Å²) >= 11 is 4.36. The number of thiol groups is 1. The molecule has 0 amide bonds. The molecule has 0 radical (unpaired) electrons. The molecule has 0 aromatic heterocycles. The van der Waals surface area contributed by atoms with Gasteiger partial charge in [-0.2, -0.15) is 12.6 Å². The van der Waals surface area contributed by atoms with Crippen molar-refractivity contribution in [3.8, 4) is 0 Å². The van der Waals surface area contributed by atoms with Crippen LogP contribution in [0.3, 0.4) is 0 Å². The van der Waals surface area contributed by atoms with Crippen LogP contribution in [0.2, 0.25) is 0 Å². The maximum atomic E-state index is 5.37. The third kappa shape index (κ3) is 3.49. The largest absolute Gasteiger partial charge is 0.380 e. The zero-order valence-electron chi connectivity index (χ0n) is 8.92. The highest BCUT2D eigenvalue weighted by molar-refractivity contribution is 7.80. The lowest BCUT2D eigenvalue weighted by Gasteiger charge is -2.32. The van der Waals surface area contributed by atoms with Gasteiger partial charge < -0.3 is 9.64 Å². The van der Waals surface area contributed by atoms with Crippen LogP contribution in [0.1, 0.15) is 20.3 Å². The Morgan fingerprint density at radius 3 is 2.69 bits per heavy atom. The van der Waals surface area contributed by atoms with Crippen LogP contribution in [0.4, 0.5) is 0 Å². The summed E-state index contributed by atoms with van der Waals surface area (Å²) in [6.45, 7) is 7.44. The van der Waals surface area contributed by atoms with Gasteiger partial charge in [0.05, 0.1) is 6.61 Å². The van der Waals surface area contributed by atoms with Crippen molar-refractivity contribution >= 4 is 12.6 Å². The normalized spacial score (nSPS) is 24.2. The molecule has 0 N–H and O–H groups in total. The Labute approximate surface area is 87.0 Å². The van der Waals surface area contributed by atoms with Crippen molar-refractivity contribution in [2.45, 2.75) is 26.3 Å². The first-order chi connectivity index (χ1) is 6.05. The van der Waals surface area contributed by atoms with Gasteiger partial charge in [-0.25, -0.2) is 0 Å². The molecule has 1 saturated heterocycles. The standard InChI is InChI=1S/C10H21NOS/c1-10(2,8-13)7-11(3)9-4-5-12-6-9/h9,13H,4-8H2,1-3H3. The molecule has 1 fully saturated rings. The Kier molecular flexibility index (Phi) is 4.07. The second-order valence-electron chi connectivity index (χ2n) is 4.75. The summed E-state index contributed by atoms with van der Waals surface area (Å²) in [5.74, 6) is 0.935. The van der Waals surface area contributed by atoms with Crippen molar-refractivity contribution in [1.29, 1.82) is 0 Å². The predicted molar refractivity (Wildman–Crippen MR) is 59.5 cm³/mol. The van der Waals surface area contributed by atoms with Gasteiger partial charge in [0.25, 0.3) is 0 Å². The summed E-state index contributed by atoms with van der Waals surface area (Å²) < 4.78 is 5.37. The van der Waals surface area contributed by atoms with Gasteiger partial charge in [-0.05, 0) is 24.6 Å². The maximum absolute atomic E-state index is 5.37. The Bertz CT molecular complexity index is 155. The second kappa shape index (κ2) is 4.67. The van der Waals surface area contributed by atoms with E-state index in [0.29, 0.717) is 11.5 Å². The van der Waals surface area contributed by atoms with Crippen LogP contribution in [-0.2, 0) is 4.74 Å². The third-order valence-electron chi connectivity index (χ3n) is 2.63. The first-order valence-corrected chi connectivity index (χ1v) is 5.57. The molecule has 0 aliphatic carbocycles. The Hall–Kier alpha value is 0.270. The molecular weight excluding hydrogens is 182 g/mol. The molecule has 0 spiro atoms. The average molecular weight is 203 g/mol. The van der Waals surface area contributed by atoms with E-state index in [-0.39, 0.29) is 0 Å². The van der Waals surface area contributed by atoms with E-state index in [9.17, 15) is 0 Å². The summed E-state index contributed by atoms with van der Waals surface area (Å²) in [7, 11) is 2.19. The van der Waals surface area contributed by atoms with Crippen LogP contribution < -0.4 is 0 Å². The lowest BCUT2D eigenvalue weighted by Crippen LogP contribution is -2.39. The van der Waals surface area contributed by atoms with E-state index < -0.39 is 0 Å². The predicted octanol–water partition coefficient (Wildman–Crippen LogP) is 1.66. The fraction of sp³-hybridized carbons (Fsp3) is 1.00. The van der Waals surface area contributed by atoms with Crippen LogP contribution in [0, 0.1) is 5.41 Å². The van der Waals surface area contributed by atoms with E-state index in [1.165, 1.54) is 6.42 Å². The highest BCUT2D eigenvalue weighted by Crippen LogP contribution is 2.21. The zero-order chi connectivity index (χ0) is 9.90. The van der Waals surface area contributed by atoms with E-state index in [0.717, 1.165) is 25.5 Å². The summed E-state index contributed by atoms with van der Waals surface area (Å²) in [5, 5.41) is 0. The Morgan fingerprint density at radius 1 is 1.54 bits per heavy atom. The minimum Gasteiger partial charge on any atom is -0.380 e. The van der Waals surface area contributed by atoms with Crippen LogP contribution in [0.5, 0.6) is 0 Å². The topological polar surface area (TPSA) is 12.5 Å². The number of hydrogen-bond donors (Lipinski definition) is 1. The van der Waals surface area contributed by atoms with Gasteiger partial charge in [0.1, 0.15) is 0 Å². The number of likely N-dealkylation sites (N-methyl/N-ethyl adjacent to an activating group) is 1. The maximum Gasteiger partial charge on any atom is 0.0622 e. The van der Waals surface area contributed by atoms with Crippen molar-refractivity contribution in [2.75, 3.05) is 32.6 Å². The van der Waals surface area contributed by atoms with E-state index in [1.54, 1.807) is 0 Å². The van der Waals surface area contributed by atoms with E-state index in [2.05, 4.69) is 38.4 Å². The van der Waals surface area contributed by atoms with Gasteiger partial charge in [0, 0.05) is 19.2 Å². The van der Waals surface area contributed by atoms with Gasteiger partial charge in [-0.1, -0.05) is 13.8 Å². The number of ether oxygens (including phenoxy) is 1. The molecule has 13 heavy (non-hydrogen) atoms. The molecule has 1 heterocycles. The molecular formula is C10H21NOS. The van der Waals surface area contributed by atoms with Gasteiger partial charge >= 0.3 is 0 Å². The first-order valence-electron chi connectivity index (χ1n) is 4.94. The smallest absolute Gasteiger partial charge is 0.0622 e. The highest BCUT2D eigenvalue weighted by atomic mass is 32.1. The number of nitrogens with zero attached hydrogens (tertiary/aromatic N) is 1. The molecule has 1 rings (SSSR count). The third-order valence-corrected chi connectivity index (χ3v) is 3.49. The molecule has 1 atom stereocenters. The summed E-state index contributed by atoms with van der Waals surface area (Å²) in [6.07, 6.45) is 1.18. The first kappa shape index (κ1) is 11.3. The van der Waals surface area contributed by atoms with Crippen LogP contribution in [-0.4, -0.2) is 43.5 Å². The SMILES string of the molecule is CN(CC(C)(C)CS)C1CCOC1. The van der Waals surface area contributed by atoms with Gasteiger partial charge in [0.15, 0.2) is 0 Å². The Balaban J connectivity index is 2.35. The van der Waals surface area contributed by atoms with Crippen molar-refractivity contribution in [3.63, 3.8) is 0 Å². The van der Waals surface area contributed by atoms with Crippen LogP contribution in [0.15, 0.2) is 0 Å². The number of hydrogen-bond acceptors (Lipinski definition) is 3. The molecule has 78 valence electrons. The summed E-state index contributed by atoms with van der Waals surface area (Å²) in [6, 6.07) is 0.624. The Morgan fingerprint density at radius 2 is 2.23 bits per heavy atom. The molecule has 3 heteroatoms. The molecule has 1 unspecified atom stereocenters. The molecule has 0 bridgehead atoms. The monoisotopic (exact) mass is 203 g/mol. The summed E-state index contributed by atoms with van der Waals surface area (Å²) in [5.41, 5.74) is 0.306. The average Bonchev–Trinajstić information content (AvgIpc) is 2.55. The highest BCUT2D eigenvalue weighted by Gasteiger charge is 2.25. The zero-order valence-corrected chi connectivity index (χ0v) is 9.81. The molecule has 1 aliphatic heterocycles. The lowest BCUT2D eigenvalue weighted by molar-refractivity contribution is 0.137. The van der Waals surface area contributed by atoms with Crippen LogP contribution >= 0.6 is 12.6 Å². The van der Waals surface area contributed by atoms with Crippen molar-refractivity contribution in [2.24, 2.45) is 5.41 Å². The van der Waals surface area contributed by atoms with E-state index in [1.807, 2.05) is 0 Å². The van der Waals surface area contributed by atoms with Crippen molar-refractivity contribution in [1.82, 2.24) is 4.90 Å².